The van der Waals surface area contributed by atoms with Gasteiger partial charge in [0.25, 0.3) is 5.56 Å². The number of nitrogens with zero attached hydrogens (tertiary/aromatic N) is 5. The molecule has 4 aromatic rings. The molecule has 0 aliphatic carbocycles. The minimum absolute atomic E-state index is 0.0360. The van der Waals surface area contributed by atoms with Crippen LogP contribution in [0.15, 0.2) is 40.5 Å². The Morgan fingerprint density at radius 3 is 2.90 bits per heavy atom. The third-order valence-corrected chi connectivity index (χ3v) is 8.24. The van der Waals surface area contributed by atoms with Gasteiger partial charge < -0.3 is 9.67 Å². The van der Waals surface area contributed by atoms with Crippen LogP contribution >= 0.6 is 22.7 Å². The Bertz CT molecular complexity index is 1290. The SMILES string of the molecule is Cc1nc2sc([C@@H](c3cccs3)N3C[C@H]4C[C@@H](C3)c3cccc(=O)n3C4)c(O)n2n1. The summed E-state index contributed by atoms with van der Waals surface area (Å²) in [5.74, 6) is 1.58. The monoisotopic (exact) mass is 439 g/mol. The summed E-state index contributed by atoms with van der Waals surface area (Å²) in [5.41, 5.74) is 1.24. The molecule has 0 aromatic carbocycles. The number of hydrogen-bond acceptors (Lipinski definition) is 7. The van der Waals surface area contributed by atoms with Crippen molar-refractivity contribution in [2.45, 2.75) is 31.8 Å². The van der Waals surface area contributed by atoms with Crippen LogP contribution < -0.4 is 5.56 Å². The Labute approximate surface area is 180 Å². The van der Waals surface area contributed by atoms with Crippen molar-refractivity contribution in [1.29, 1.82) is 0 Å². The standard InChI is InChI=1S/C21H21N5O2S2/c1-12-22-21-26(23-12)20(28)19(30-21)18(16-5-3-7-29-16)24-9-13-8-14(11-24)15-4-2-6-17(27)25(15)10-13/h2-7,13-14,18,28H,8-11H2,1H3/t13-,14+,18-/m1/s1. The van der Waals surface area contributed by atoms with Crippen LogP contribution in [-0.2, 0) is 6.54 Å². The van der Waals surface area contributed by atoms with Gasteiger partial charge in [-0.15, -0.1) is 16.4 Å². The van der Waals surface area contributed by atoms with Crippen LogP contribution in [0.25, 0.3) is 4.96 Å². The van der Waals surface area contributed by atoms with Crippen LogP contribution in [-0.4, -0.2) is 42.3 Å². The molecule has 2 bridgehead atoms. The number of thiophene rings is 1. The second-order valence-corrected chi connectivity index (χ2v) is 10.2. The van der Waals surface area contributed by atoms with Gasteiger partial charge in [0.2, 0.25) is 10.8 Å². The van der Waals surface area contributed by atoms with Gasteiger partial charge in [-0.3, -0.25) is 9.69 Å². The van der Waals surface area contributed by atoms with Gasteiger partial charge in [0.05, 0.1) is 10.9 Å². The maximum Gasteiger partial charge on any atom is 0.250 e. The van der Waals surface area contributed by atoms with Crippen molar-refractivity contribution in [3.05, 3.63) is 67.3 Å². The first-order valence-electron chi connectivity index (χ1n) is 10.1. The number of pyridine rings is 1. The van der Waals surface area contributed by atoms with Gasteiger partial charge >= 0.3 is 0 Å². The number of thiazole rings is 1. The molecular weight excluding hydrogens is 418 g/mol. The van der Waals surface area contributed by atoms with Crippen molar-refractivity contribution in [2.75, 3.05) is 13.1 Å². The van der Waals surface area contributed by atoms with E-state index in [1.807, 2.05) is 17.6 Å². The molecule has 1 fully saturated rings. The molecule has 0 amide bonds. The summed E-state index contributed by atoms with van der Waals surface area (Å²) in [5, 5.41) is 17.4. The molecule has 0 saturated carbocycles. The van der Waals surface area contributed by atoms with Crippen molar-refractivity contribution < 1.29 is 5.11 Å². The number of piperidine rings is 1. The van der Waals surface area contributed by atoms with E-state index in [0.717, 1.165) is 41.6 Å². The lowest BCUT2D eigenvalue weighted by atomic mass is 9.82. The molecule has 1 N–H and O–H groups in total. The number of fused-ring (bicyclic) bond motifs is 5. The number of rotatable bonds is 3. The zero-order valence-corrected chi connectivity index (χ0v) is 18.1. The molecule has 2 aliphatic rings. The van der Waals surface area contributed by atoms with Crippen molar-refractivity contribution in [3.63, 3.8) is 0 Å². The summed E-state index contributed by atoms with van der Waals surface area (Å²) < 4.78 is 3.51. The number of aromatic hydroxyl groups is 1. The topological polar surface area (TPSA) is 75.7 Å². The summed E-state index contributed by atoms with van der Waals surface area (Å²) in [6.45, 7) is 4.35. The fraction of sp³-hybridized carbons (Fsp3) is 0.381. The van der Waals surface area contributed by atoms with Gasteiger partial charge in [0, 0.05) is 42.2 Å². The lowest BCUT2D eigenvalue weighted by Crippen LogP contribution is -2.48. The minimum atomic E-state index is -0.0360. The van der Waals surface area contributed by atoms with E-state index < -0.39 is 0 Å². The summed E-state index contributed by atoms with van der Waals surface area (Å²) >= 11 is 3.22. The molecule has 154 valence electrons. The lowest BCUT2D eigenvalue weighted by molar-refractivity contribution is 0.0964. The normalized spacial score (nSPS) is 22.3. The van der Waals surface area contributed by atoms with Gasteiger partial charge in [0.1, 0.15) is 5.82 Å². The highest BCUT2D eigenvalue weighted by Crippen LogP contribution is 2.45. The van der Waals surface area contributed by atoms with Crippen LogP contribution in [0.1, 0.15) is 39.7 Å². The van der Waals surface area contributed by atoms with Crippen molar-refractivity contribution in [3.8, 4) is 5.88 Å². The lowest BCUT2D eigenvalue weighted by Gasteiger charge is -2.45. The van der Waals surface area contributed by atoms with E-state index in [1.54, 1.807) is 21.9 Å². The third-order valence-electron chi connectivity index (χ3n) is 6.24. The maximum absolute atomic E-state index is 12.4. The quantitative estimate of drug-likeness (QED) is 0.530. The Hall–Kier alpha value is -2.49. The van der Waals surface area contributed by atoms with Gasteiger partial charge in [-0.1, -0.05) is 23.5 Å². The average Bonchev–Trinajstić information content (AvgIpc) is 3.43. The molecule has 2 aliphatic heterocycles. The highest BCUT2D eigenvalue weighted by molar-refractivity contribution is 7.17. The summed E-state index contributed by atoms with van der Waals surface area (Å²) in [6.07, 6.45) is 1.11. The third kappa shape index (κ3) is 2.76. The Kier molecular flexibility index (Phi) is 4.12. The van der Waals surface area contributed by atoms with Crippen LogP contribution in [0.4, 0.5) is 0 Å². The molecule has 0 spiro atoms. The van der Waals surface area contributed by atoms with Crippen LogP contribution in [0, 0.1) is 12.8 Å². The van der Waals surface area contributed by atoms with Gasteiger partial charge in [-0.05, 0) is 36.8 Å². The van der Waals surface area contributed by atoms with Gasteiger partial charge in [-0.2, -0.15) is 4.52 Å². The van der Waals surface area contributed by atoms with Crippen LogP contribution in [0.2, 0.25) is 0 Å². The first-order valence-corrected chi connectivity index (χ1v) is 11.8. The smallest absolute Gasteiger partial charge is 0.250 e. The predicted molar refractivity (Wildman–Crippen MR) is 117 cm³/mol. The second-order valence-electron chi connectivity index (χ2n) is 8.21. The van der Waals surface area contributed by atoms with E-state index in [9.17, 15) is 9.90 Å². The molecule has 6 rings (SSSR count). The van der Waals surface area contributed by atoms with Crippen molar-refractivity contribution in [2.24, 2.45) is 5.92 Å². The number of aryl methyl sites for hydroxylation is 1. The fourth-order valence-corrected chi connectivity index (χ4v) is 7.19. The molecule has 1 saturated heterocycles. The van der Waals surface area contributed by atoms with E-state index in [0.29, 0.717) is 17.7 Å². The molecule has 9 heteroatoms. The van der Waals surface area contributed by atoms with Crippen molar-refractivity contribution >= 4 is 27.6 Å². The van der Waals surface area contributed by atoms with Crippen LogP contribution in [0.3, 0.4) is 0 Å². The first kappa shape index (κ1) is 18.3. The summed E-state index contributed by atoms with van der Waals surface area (Å²) in [7, 11) is 0. The zero-order valence-electron chi connectivity index (χ0n) is 16.4. The number of aromatic nitrogens is 4. The van der Waals surface area contributed by atoms with Gasteiger partial charge in [0.15, 0.2) is 0 Å². The molecule has 7 nitrogen and oxygen atoms in total. The zero-order chi connectivity index (χ0) is 20.4. The summed E-state index contributed by atoms with van der Waals surface area (Å²) in [6, 6.07) is 9.79. The molecule has 0 unspecified atom stereocenters. The van der Waals surface area contributed by atoms with E-state index in [1.165, 1.54) is 16.2 Å². The molecule has 3 atom stereocenters. The summed E-state index contributed by atoms with van der Waals surface area (Å²) in [4.78, 5) is 22.1. The number of hydrogen-bond donors (Lipinski definition) is 1. The Balaban J connectivity index is 1.43. The van der Waals surface area contributed by atoms with E-state index in [-0.39, 0.29) is 17.5 Å². The van der Waals surface area contributed by atoms with Crippen molar-refractivity contribution in [1.82, 2.24) is 24.1 Å². The first-order chi connectivity index (χ1) is 14.6. The highest BCUT2D eigenvalue weighted by atomic mass is 32.1. The molecular formula is C21H21N5O2S2. The molecule has 6 heterocycles. The average molecular weight is 440 g/mol. The van der Waals surface area contributed by atoms with Crippen LogP contribution in [0.5, 0.6) is 5.88 Å². The highest BCUT2D eigenvalue weighted by Gasteiger charge is 2.39. The van der Waals surface area contributed by atoms with E-state index in [4.69, 9.17) is 0 Å². The Morgan fingerprint density at radius 1 is 1.20 bits per heavy atom. The Morgan fingerprint density at radius 2 is 2.10 bits per heavy atom. The van der Waals surface area contributed by atoms with E-state index in [2.05, 4.69) is 38.6 Å². The minimum Gasteiger partial charge on any atom is -0.492 e. The van der Waals surface area contributed by atoms with Gasteiger partial charge in [-0.25, -0.2) is 4.98 Å². The molecule has 0 radical (unpaired) electrons. The molecule has 30 heavy (non-hydrogen) atoms. The molecule has 4 aromatic heterocycles. The number of likely N-dealkylation sites (tertiary alicyclic amines) is 1. The maximum atomic E-state index is 12.4. The predicted octanol–water partition coefficient (Wildman–Crippen LogP) is 3.24. The fourth-order valence-electron chi connectivity index (χ4n) is 5.09. The largest absolute Gasteiger partial charge is 0.492 e. The second kappa shape index (κ2) is 6.76. The van der Waals surface area contributed by atoms with E-state index >= 15 is 0 Å².